The topological polar surface area (TPSA) is 73.0 Å². The first-order valence-electron chi connectivity index (χ1n) is 6.16. The highest BCUT2D eigenvalue weighted by molar-refractivity contribution is 5.43. The number of likely N-dealkylation sites (N-methyl/N-ethyl adjacent to an activating group) is 1. The molecule has 1 aromatic rings. The van der Waals surface area contributed by atoms with Gasteiger partial charge in [-0.05, 0) is 26.8 Å². The Bertz CT molecular complexity index is 440. The number of nitrogens with one attached hydrogen (secondary N) is 1. The molecule has 6 heteroatoms. The van der Waals surface area contributed by atoms with Crippen molar-refractivity contribution in [2.75, 3.05) is 7.05 Å². The average molecular weight is 254 g/mol. The van der Waals surface area contributed by atoms with Gasteiger partial charge in [-0.2, -0.15) is 5.10 Å². The predicted molar refractivity (Wildman–Crippen MR) is 70.7 cm³/mol. The Morgan fingerprint density at radius 3 is 2.33 bits per heavy atom. The molecular weight excluding hydrogens is 232 g/mol. The van der Waals surface area contributed by atoms with Gasteiger partial charge < -0.3 is 5.32 Å². The van der Waals surface area contributed by atoms with Crippen molar-refractivity contribution in [1.29, 1.82) is 0 Å². The first-order valence-corrected chi connectivity index (χ1v) is 6.16. The Morgan fingerprint density at radius 1 is 1.39 bits per heavy atom. The minimum absolute atomic E-state index is 0.0570. The monoisotopic (exact) mass is 254 g/mol. The van der Waals surface area contributed by atoms with Crippen molar-refractivity contribution in [3.05, 3.63) is 21.5 Å². The van der Waals surface area contributed by atoms with Crippen LogP contribution in [0.1, 0.15) is 38.1 Å². The largest absolute Gasteiger partial charge is 0.317 e. The molecule has 0 fully saturated rings. The van der Waals surface area contributed by atoms with Gasteiger partial charge in [-0.25, -0.2) is 0 Å². The van der Waals surface area contributed by atoms with E-state index in [0.29, 0.717) is 17.3 Å². The second-order valence-corrected chi connectivity index (χ2v) is 5.05. The maximum Gasteiger partial charge on any atom is 0.313 e. The lowest BCUT2D eigenvalue weighted by Gasteiger charge is -2.26. The van der Waals surface area contributed by atoms with E-state index in [-0.39, 0.29) is 22.6 Å². The molecule has 18 heavy (non-hydrogen) atoms. The van der Waals surface area contributed by atoms with Gasteiger partial charge in [0, 0.05) is 19.0 Å². The third-order valence-electron chi connectivity index (χ3n) is 3.44. The van der Waals surface area contributed by atoms with Crippen LogP contribution in [0.4, 0.5) is 5.69 Å². The van der Waals surface area contributed by atoms with E-state index in [0.717, 1.165) is 0 Å². The summed E-state index contributed by atoms with van der Waals surface area (Å²) in [5.41, 5.74) is 1.33. The van der Waals surface area contributed by atoms with Gasteiger partial charge in [-0.15, -0.1) is 0 Å². The molecule has 1 rings (SSSR count). The van der Waals surface area contributed by atoms with E-state index in [9.17, 15) is 10.1 Å². The minimum Gasteiger partial charge on any atom is -0.317 e. The molecule has 0 spiro atoms. The van der Waals surface area contributed by atoms with E-state index in [1.807, 2.05) is 14.0 Å². The van der Waals surface area contributed by atoms with Gasteiger partial charge in [0.1, 0.15) is 11.4 Å². The Morgan fingerprint density at radius 2 is 1.94 bits per heavy atom. The Labute approximate surface area is 108 Å². The van der Waals surface area contributed by atoms with Gasteiger partial charge >= 0.3 is 5.69 Å². The highest BCUT2D eigenvalue weighted by Crippen LogP contribution is 2.35. The smallest absolute Gasteiger partial charge is 0.313 e. The van der Waals surface area contributed by atoms with Crippen molar-refractivity contribution in [3.63, 3.8) is 0 Å². The summed E-state index contributed by atoms with van der Waals surface area (Å²) in [7, 11) is 3.64. The van der Waals surface area contributed by atoms with E-state index in [4.69, 9.17) is 0 Å². The normalized spacial score (nSPS) is 14.8. The Hall–Kier alpha value is -1.43. The fourth-order valence-electron chi connectivity index (χ4n) is 2.57. The van der Waals surface area contributed by atoms with E-state index in [1.165, 1.54) is 0 Å². The highest BCUT2D eigenvalue weighted by Gasteiger charge is 2.34. The van der Waals surface area contributed by atoms with Crippen LogP contribution in [-0.2, 0) is 7.05 Å². The molecule has 6 nitrogen and oxygen atoms in total. The lowest BCUT2D eigenvalue weighted by molar-refractivity contribution is -0.386. The SMILES string of the molecule is CNC(C)C(c1c([N+](=O)[O-])c(C)nn1C)C(C)C. The van der Waals surface area contributed by atoms with Crippen LogP contribution in [0.3, 0.4) is 0 Å². The van der Waals surface area contributed by atoms with Gasteiger partial charge in [0.2, 0.25) is 0 Å². The third kappa shape index (κ3) is 2.53. The fraction of sp³-hybridized carbons (Fsp3) is 0.750. The number of hydrogen-bond donors (Lipinski definition) is 1. The fourth-order valence-corrected chi connectivity index (χ4v) is 2.57. The summed E-state index contributed by atoms with van der Waals surface area (Å²) in [6.07, 6.45) is 0. The number of hydrogen-bond acceptors (Lipinski definition) is 4. The number of rotatable bonds is 5. The third-order valence-corrected chi connectivity index (χ3v) is 3.44. The lowest BCUT2D eigenvalue weighted by Crippen LogP contribution is -2.33. The maximum atomic E-state index is 11.2. The average Bonchev–Trinajstić information content (AvgIpc) is 2.53. The van der Waals surface area contributed by atoms with Crippen molar-refractivity contribution in [1.82, 2.24) is 15.1 Å². The minimum atomic E-state index is -0.324. The quantitative estimate of drug-likeness (QED) is 0.644. The molecule has 0 saturated carbocycles. The van der Waals surface area contributed by atoms with E-state index in [1.54, 1.807) is 18.7 Å². The summed E-state index contributed by atoms with van der Waals surface area (Å²) >= 11 is 0. The molecule has 0 aliphatic carbocycles. The van der Waals surface area contributed by atoms with E-state index < -0.39 is 0 Å². The van der Waals surface area contributed by atoms with Crippen molar-refractivity contribution in [2.45, 2.75) is 39.7 Å². The second-order valence-electron chi connectivity index (χ2n) is 5.05. The standard InChI is InChI=1S/C12H22N4O2/c1-7(2)10(8(3)13-5)12-11(16(17)18)9(4)14-15(12)6/h7-8,10,13H,1-6H3. The summed E-state index contributed by atoms with van der Waals surface area (Å²) in [4.78, 5) is 10.9. The van der Waals surface area contributed by atoms with Crippen LogP contribution in [-0.4, -0.2) is 27.8 Å². The van der Waals surface area contributed by atoms with E-state index >= 15 is 0 Å². The number of aromatic nitrogens is 2. The molecule has 2 atom stereocenters. The van der Waals surface area contributed by atoms with Crippen molar-refractivity contribution in [2.24, 2.45) is 13.0 Å². The summed E-state index contributed by atoms with van der Waals surface area (Å²) < 4.78 is 1.64. The first kappa shape index (κ1) is 14.6. The second kappa shape index (κ2) is 5.48. The zero-order chi connectivity index (χ0) is 14.0. The van der Waals surface area contributed by atoms with Crippen molar-refractivity contribution < 1.29 is 4.92 Å². The molecule has 1 aromatic heterocycles. The van der Waals surface area contributed by atoms with Gasteiger partial charge in [-0.1, -0.05) is 13.8 Å². The van der Waals surface area contributed by atoms with Crippen LogP contribution in [0.15, 0.2) is 0 Å². The van der Waals surface area contributed by atoms with Gasteiger partial charge in [0.05, 0.1) is 4.92 Å². The van der Waals surface area contributed by atoms with Crippen LogP contribution < -0.4 is 5.32 Å². The van der Waals surface area contributed by atoms with Crippen LogP contribution >= 0.6 is 0 Å². The zero-order valence-electron chi connectivity index (χ0n) is 11.9. The lowest BCUT2D eigenvalue weighted by atomic mass is 9.85. The van der Waals surface area contributed by atoms with Crippen molar-refractivity contribution in [3.8, 4) is 0 Å². The molecule has 0 saturated heterocycles. The van der Waals surface area contributed by atoms with Crippen LogP contribution in [0.5, 0.6) is 0 Å². The summed E-state index contributed by atoms with van der Waals surface area (Å²) in [5.74, 6) is 0.350. The molecule has 102 valence electrons. The molecular formula is C12H22N4O2. The zero-order valence-corrected chi connectivity index (χ0v) is 11.9. The first-order chi connectivity index (χ1) is 8.31. The van der Waals surface area contributed by atoms with Gasteiger partial charge in [0.15, 0.2) is 0 Å². The number of nitrogens with zero attached hydrogens (tertiary/aromatic N) is 3. The molecule has 0 aromatic carbocycles. The summed E-state index contributed by atoms with van der Waals surface area (Å²) in [5, 5.41) is 18.6. The van der Waals surface area contributed by atoms with Crippen LogP contribution in [0.25, 0.3) is 0 Å². The Balaban J connectivity index is 3.40. The van der Waals surface area contributed by atoms with Crippen LogP contribution in [0.2, 0.25) is 0 Å². The predicted octanol–water partition coefficient (Wildman–Crippen LogP) is 1.98. The molecule has 1 heterocycles. The van der Waals surface area contributed by atoms with Crippen LogP contribution in [0, 0.1) is 23.0 Å². The molecule has 2 unspecified atom stereocenters. The molecule has 0 bridgehead atoms. The van der Waals surface area contributed by atoms with E-state index in [2.05, 4.69) is 24.3 Å². The summed E-state index contributed by atoms with van der Waals surface area (Å²) in [6.45, 7) is 7.87. The molecule has 0 aliphatic heterocycles. The maximum absolute atomic E-state index is 11.2. The molecule has 0 amide bonds. The van der Waals surface area contributed by atoms with Gasteiger partial charge in [-0.3, -0.25) is 14.8 Å². The molecule has 0 aliphatic rings. The number of aryl methyl sites for hydroxylation is 2. The summed E-state index contributed by atoms with van der Waals surface area (Å²) in [6, 6.07) is 0.151. The Kier molecular flexibility index (Phi) is 4.45. The van der Waals surface area contributed by atoms with Gasteiger partial charge in [0.25, 0.3) is 0 Å². The highest BCUT2D eigenvalue weighted by atomic mass is 16.6. The molecule has 1 N–H and O–H groups in total. The van der Waals surface area contributed by atoms with Crippen molar-refractivity contribution >= 4 is 5.69 Å². The number of nitro groups is 1. The molecule has 0 radical (unpaired) electrons.